The highest BCUT2D eigenvalue weighted by atomic mass is 16.2. The molecule has 1 aromatic rings. The second-order valence-corrected chi connectivity index (χ2v) is 9.64. The van der Waals surface area contributed by atoms with Gasteiger partial charge < -0.3 is 0 Å². The molecule has 0 aromatic carbocycles. The van der Waals surface area contributed by atoms with Crippen LogP contribution in [0.4, 0.5) is 0 Å². The van der Waals surface area contributed by atoms with Gasteiger partial charge in [-0.25, -0.2) is 23.5 Å². The van der Waals surface area contributed by atoms with E-state index in [0.717, 1.165) is 0 Å². The van der Waals surface area contributed by atoms with Crippen LogP contribution in [0.25, 0.3) is 0 Å². The van der Waals surface area contributed by atoms with E-state index in [-0.39, 0.29) is 45.6 Å². The maximum Gasteiger partial charge on any atom is 0.347 e. The molecule has 1 aromatic heterocycles. The molecule has 0 fully saturated rings. The Morgan fingerprint density at radius 3 is 2.08 bits per heavy atom. The molecule has 3 heterocycles. The highest BCUT2D eigenvalue weighted by molar-refractivity contribution is 5.44. The van der Waals surface area contributed by atoms with Crippen molar-refractivity contribution in [1.29, 1.82) is 0 Å². The van der Waals surface area contributed by atoms with Crippen LogP contribution in [-0.4, -0.2) is 13.9 Å². The average Bonchev–Trinajstić information content (AvgIpc) is 2.62. The van der Waals surface area contributed by atoms with E-state index in [1.807, 2.05) is 0 Å². The van der Waals surface area contributed by atoms with Crippen molar-refractivity contribution in [3.05, 3.63) is 44.8 Å². The maximum absolute atomic E-state index is 12.7. The largest absolute Gasteiger partial charge is 0.347 e. The van der Waals surface area contributed by atoms with E-state index in [1.165, 1.54) is 10.1 Å². The van der Waals surface area contributed by atoms with Crippen molar-refractivity contribution in [2.75, 3.05) is 0 Å². The number of hydrogen-bond donors (Lipinski definition) is 0. The molecule has 0 radical (unpaired) electrons. The van der Waals surface area contributed by atoms with E-state index in [9.17, 15) is 9.59 Å². The van der Waals surface area contributed by atoms with E-state index < -0.39 is 0 Å². The summed E-state index contributed by atoms with van der Waals surface area (Å²) < 4.78 is 4.63. The van der Waals surface area contributed by atoms with Crippen LogP contribution in [0.15, 0.2) is 33.4 Å². The fourth-order valence-corrected chi connectivity index (χ4v) is 5.24. The number of rotatable bonds is 0. The summed E-state index contributed by atoms with van der Waals surface area (Å²) in [4.78, 5) is 25.4. The predicted molar refractivity (Wildman–Crippen MR) is 94.1 cm³/mol. The quantitative estimate of drug-likeness (QED) is 0.687. The van der Waals surface area contributed by atoms with Crippen molar-refractivity contribution >= 4 is 0 Å². The van der Waals surface area contributed by atoms with Crippen LogP contribution in [0.2, 0.25) is 0 Å². The molecular formula is C19H27N3O2. The van der Waals surface area contributed by atoms with Gasteiger partial charge in [0.25, 0.3) is 0 Å². The second kappa shape index (κ2) is 4.06. The molecule has 24 heavy (non-hydrogen) atoms. The van der Waals surface area contributed by atoms with Crippen molar-refractivity contribution in [2.45, 2.75) is 53.6 Å². The zero-order chi connectivity index (χ0) is 17.8. The summed E-state index contributed by atoms with van der Waals surface area (Å²) in [6, 6.07) is -0.171. The third-order valence-corrected chi connectivity index (χ3v) is 6.47. The lowest BCUT2D eigenvalue weighted by Crippen LogP contribution is -2.64. The monoisotopic (exact) mass is 329 g/mol. The van der Waals surface area contributed by atoms with Crippen molar-refractivity contribution < 1.29 is 0 Å². The summed E-state index contributed by atoms with van der Waals surface area (Å²) in [6.45, 7) is 13.5. The van der Waals surface area contributed by atoms with Crippen molar-refractivity contribution in [1.82, 2.24) is 13.9 Å². The molecule has 4 atom stereocenters. The van der Waals surface area contributed by atoms with Gasteiger partial charge in [-0.1, -0.05) is 65.3 Å². The summed E-state index contributed by atoms with van der Waals surface area (Å²) in [5, 5.41) is 0. The molecule has 5 rings (SSSR count). The van der Waals surface area contributed by atoms with Gasteiger partial charge in [0.1, 0.15) is 0 Å². The van der Waals surface area contributed by atoms with Crippen LogP contribution >= 0.6 is 0 Å². The van der Waals surface area contributed by atoms with Gasteiger partial charge in [-0.15, -0.1) is 0 Å². The fraction of sp³-hybridized carbons (Fsp3) is 0.684. The van der Waals surface area contributed by atoms with Crippen LogP contribution in [0, 0.1) is 22.2 Å². The maximum atomic E-state index is 12.7. The van der Waals surface area contributed by atoms with Crippen LogP contribution < -0.4 is 11.4 Å². The Labute approximate surface area is 142 Å². The molecular weight excluding hydrogens is 302 g/mol. The Morgan fingerprint density at radius 1 is 0.958 bits per heavy atom. The molecule has 5 nitrogen and oxygen atoms in total. The molecule has 0 N–H and O–H groups in total. The van der Waals surface area contributed by atoms with Crippen molar-refractivity contribution in [2.24, 2.45) is 29.2 Å². The van der Waals surface area contributed by atoms with Crippen LogP contribution in [0.1, 0.15) is 53.6 Å². The lowest BCUT2D eigenvalue weighted by Gasteiger charge is -2.66. The number of hydrogen-bond acceptors (Lipinski definition) is 2. The fourth-order valence-electron chi connectivity index (χ4n) is 5.24. The third kappa shape index (κ3) is 1.47. The van der Waals surface area contributed by atoms with Gasteiger partial charge in [0, 0.05) is 18.4 Å². The predicted octanol–water partition coefficient (Wildman–Crippen LogP) is 2.65. The molecule has 5 heteroatoms. The molecule has 0 spiro atoms. The molecule has 0 saturated heterocycles. The van der Waals surface area contributed by atoms with E-state index >= 15 is 0 Å². The summed E-state index contributed by atoms with van der Waals surface area (Å²) in [5.41, 5.74) is 0.935. The topological polar surface area (TPSA) is 48.9 Å². The Morgan fingerprint density at radius 2 is 1.54 bits per heavy atom. The molecule has 0 saturated carbocycles. The van der Waals surface area contributed by atoms with Gasteiger partial charge in [-0.3, -0.25) is 0 Å². The van der Waals surface area contributed by atoms with Crippen molar-refractivity contribution in [3.8, 4) is 0 Å². The highest BCUT2D eigenvalue weighted by Gasteiger charge is 2.67. The lowest BCUT2D eigenvalue weighted by atomic mass is 9.41. The standard InChI is InChI=1S/C19H27N3O2/c1-17(2,3)11-10-19(18(4,5)6)13-9-8-12(14(11)19)21-15(23)20(7)16(24)22(13)21/h8-10,12-14H,1-7H3/t12-,13-,14-,19-/m0/s1. The molecule has 2 aliphatic carbocycles. The van der Waals surface area contributed by atoms with Gasteiger partial charge in [-0.05, 0) is 10.8 Å². The first-order valence-electron chi connectivity index (χ1n) is 8.74. The number of allylic oxidation sites excluding steroid dienone is 4. The third-order valence-electron chi connectivity index (χ3n) is 6.47. The highest BCUT2D eigenvalue weighted by Crippen LogP contribution is 2.71. The van der Waals surface area contributed by atoms with E-state index in [1.54, 1.807) is 16.4 Å². The zero-order valence-corrected chi connectivity index (χ0v) is 15.6. The van der Waals surface area contributed by atoms with Gasteiger partial charge in [0.15, 0.2) is 0 Å². The van der Waals surface area contributed by atoms with E-state index in [0.29, 0.717) is 0 Å². The summed E-state index contributed by atoms with van der Waals surface area (Å²) in [5.74, 6) is 0.270. The molecule has 0 unspecified atom stereocenters. The summed E-state index contributed by atoms with van der Waals surface area (Å²) in [7, 11) is 1.58. The first-order valence-corrected chi connectivity index (χ1v) is 8.74. The molecule has 0 amide bonds. The smallest absolute Gasteiger partial charge is 0.246 e. The van der Waals surface area contributed by atoms with E-state index in [4.69, 9.17) is 0 Å². The van der Waals surface area contributed by atoms with Crippen LogP contribution in [0.3, 0.4) is 0 Å². The Bertz CT molecular complexity index is 910. The minimum absolute atomic E-state index is 0.00330. The Kier molecular flexibility index (Phi) is 2.66. The number of aromatic nitrogens is 3. The summed E-state index contributed by atoms with van der Waals surface area (Å²) >= 11 is 0. The number of nitrogens with zero attached hydrogens (tertiary/aromatic N) is 3. The average molecular weight is 329 g/mol. The summed E-state index contributed by atoms with van der Waals surface area (Å²) in [6.07, 6.45) is 6.69. The molecule has 2 aliphatic heterocycles. The SMILES string of the molecule is Cn1c(=O)n2n(c1=O)[C@H]1C=C[C@H]2[C@@]2(C(C)(C)C)C=C(C(C)(C)C)[C@@H]12. The molecule has 4 aliphatic rings. The lowest BCUT2D eigenvalue weighted by molar-refractivity contribution is -0.0653. The van der Waals surface area contributed by atoms with Crippen molar-refractivity contribution in [3.63, 3.8) is 0 Å². The molecule has 2 bridgehead atoms. The zero-order valence-electron chi connectivity index (χ0n) is 15.6. The van der Waals surface area contributed by atoms with E-state index in [2.05, 4.69) is 59.8 Å². The first kappa shape index (κ1) is 15.7. The van der Waals surface area contributed by atoms with Gasteiger partial charge in [0.2, 0.25) is 0 Å². The Hall–Kier alpha value is -1.78. The van der Waals surface area contributed by atoms with Gasteiger partial charge in [-0.2, -0.15) is 0 Å². The van der Waals surface area contributed by atoms with Gasteiger partial charge >= 0.3 is 11.4 Å². The minimum atomic E-state index is -0.209. The normalized spacial score (nSPS) is 33.8. The second-order valence-electron chi connectivity index (χ2n) is 9.64. The minimum Gasteiger partial charge on any atom is -0.246 e. The van der Waals surface area contributed by atoms with Crippen LogP contribution in [-0.2, 0) is 7.05 Å². The molecule has 130 valence electrons. The first-order chi connectivity index (χ1) is 10.9. The Balaban J connectivity index is 2.06. The van der Waals surface area contributed by atoms with Gasteiger partial charge in [0.05, 0.1) is 12.1 Å². The van der Waals surface area contributed by atoms with Crippen LogP contribution in [0.5, 0.6) is 0 Å².